The predicted octanol–water partition coefficient (Wildman–Crippen LogP) is 4.62. The molecular weight excluding hydrogens is 461 g/mol. The molecule has 36 heavy (non-hydrogen) atoms. The van der Waals surface area contributed by atoms with Crippen LogP contribution in [0.25, 0.3) is 22.3 Å². The first-order chi connectivity index (χ1) is 16.9. The van der Waals surface area contributed by atoms with Gasteiger partial charge in [0.2, 0.25) is 0 Å². The third-order valence-corrected chi connectivity index (χ3v) is 6.39. The highest BCUT2D eigenvalue weighted by Crippen LogP contribution is 2.31. The molecule has 1 aliphatic rings. The molecule has 3 aromatic rings. The molecule has 4 heterocycles. The molecule has 1 aliphatic heterocycles. The Morgan fingerprint density at radius 3 is 2.56 bits per heavy atom. The van der Waals surface area contributed by atoms with Crippen LogP contribution in [0.1, 0.15) is 45.9 Å². The van der Waals surface area contributed by atoms with Crippen LogP contribution in [0.3, 0.4) is 0 Å². The minimum atomic E-state index is -0.587. The number of carbonyl (C=O) groups excluding carboxylic acids is 1. The maximum absolute atomic E-state index is 15.0. The van der Waals surface area contributed by atoms with E-state index < -0.39 is 11.7 Å². The lowest BCUT2D eigenvalue weighted by atomic mass is 9.88. The Labute approximate surface area is 210 Å². The van der Waals surface area contributed by atoms with Crippen molar-refractivity contribution >= 4 is 22.8 Å². The van der Waals surface area contributed by atoms with Crippen molar-refractivity contribution in [2.75, 3.05) is 18.0 Å². The lowest BCUT2D eigenvalue weighted by Gasteiger charge is -2.39. The van der Waals surface area contributed by atoms with E-state index in [1.807, 2.05) is 30.9 Å². The van der Waals surface area contributed by atoms with Gasteiger partial charge in [-0.25, -0.2) is 19.2 Å². The van der Waals surface area contributed by atoms with Gasteiger partial charge in [-0.15, -0.1) is 0 Å². The summed E-state index contributed by atoms with van der Waals surface area (Å²) in [4.78, 5) is 28.0. The van der Waals surface area contributed by atoms with Gasteiger partial charge >= 0.3 is 6.09 Å². The van der Waals surface area contributed by atoms with Crippen molar-refractivity contribution in [1.82, 2.24) is 20.3 Å². The van der Waals surface area contributed by atoms with Crippen LogP contribution in [0.2, 0.25) is 0 Å². The third-order valence-electron chi connectivity index (χ3n) is 6.39. The second-order valence-electron chi connectivity index (χ2n) is 10.7. The number of alkyl carbamates (subject to hydrolysis) is 1. The molecule has 0 bridgehead atoms. The molecule has 3 aromatic heterocycles. The van der Waals surface area contributed by atoms with Crippen LogP contribution in [0.5, 0.6) is 0 Å². The first-order valence-electron chi connectivity index (χ1n) is 12.2. The minimum Gasteiger partial charge on any atom is -0.444 e. The summed E-state index contributed by atoms with van der Waals surface area (Å²) in [5.41, 5.74) is 2.15. The van der Waals surface area contributed by atoms with E-state index in [1.54, 1.807) is 40.0 Å². The molecule has 192 valence electrons. The normalized spacial score (nSPS) is 20.4. The van der Waals surface area contributed by atoms with E-state index in [0.717, 1.165) is 5.39 Å². The quantitative estimate of drug-likeness (QED) is 0.545. The number of ether oxygens (including phenoxy) is 1. The molecule has 8 nitrogen and oxygen atoms in total. The Morgan fingerprint density at radius 1 is 1.19 bits per heavy atom. The number of aromatic nitrogens is 3. The monoisotopic (exact) mass is 495 g/mol. The number of hydrogen-bond acceptors (Lipinski definition) is 7. The highest BCUT2D eigenvalue weighted by molar-refractivity contribution is 5.81. The number of rotatable bonds is 4. The Balaban J connectivity index is 1.62. The van der Waals surface area contributed by atoms with Crippen LogP contribution < -0.4 is 10.2 Å². The fraction of sp³-hybridized carbons (Fsp3) is 0.481. The van der Waals surface area contributed by atoms with Gasteiger partial charge in [0, 0.05) is 36.3 Å². The van der Waals surface area contributed by atoms with Crippen molar-refractivity contribution in [3.05, 3.63) is 47.5 Å². The molecule has 0 saturated carbocycles. The number of piperidine rings is 1. The van der Waals surface area contributed by atoms with Gasteiger partial charge in [0.25, 0.3) is 0 Å². The fourth-order valence-corrected chi connectivity index (χ4v) is 4.47. The number of carbonyl (C=O) groups is 1. The standard InChI is InChI=1S/C27H34FN5O3/c1-15-13-33(14-16(2)25(15)34)23-10-20(28)17(3)24(32-23)21-8-7-18-11-29-19(9-22(18)31-21)12-30-26(35)36-27(4,5)6/h7-11,15-16,25,34H,12-14H2,1-6H3,(H,30,35)/t15-,16+,25?. The van der Waals surface area contributed by atoms with Gasteiger partial charge in [-0.1, -0.05) is 13.8 Å². The molecule has 4 rings (SSSR count). The number of aliphatic hydroxyl groups excluding tert-OH is 1. The molecule has 1 saturated heterocycles. The largest absolute Gasteiger partial charge is 0.444 e. The van der Waals surface area contributed by atoms with Gasteiger partial charge in [0.05, 0.1) is 35.2 Å². The van der Waals surface area contributed by atoms with Gasteiger partial charge in [-0.3, -0.25) is 4.98 Å². The Bertz CT molecular complexity index is 1260. The minimum absolute atomic E-state index is 0.0577. The summed E-state index contributed by atoms with van der Waals surface area (Å²) in [5, 5.41) is 13.8. The summed E-state index contributed by atoms with van der Waals surface area (Å²) >= 11 is 0. The second kappa shape index (κ2) is 9.97. The molecule has 1 amide bonds. The lowest BCUT2D eigenvalue weighted by Crippen LogP contribution is -2.47. The Morgan fingerprint density at radius 2 is 1.89 bits per heavy atom. The van der Waals surface area contributed by atoms with Crippen LogP contribution >= 0.6 is 0 Å². The van der Waals surface area contributed by atoms with E-state index in [1.165, 1.54) is 6.07 Å². The van der Waals surface area contributed by atoms with E-state index >= 15 is 4.39 Å². The van der Waals surface area contributed by atoms with E-state index in [4.69, 9.17) is 14.7 Å². The zero-order chi connectivity index (χ0) is 26.2. The maximum atomic E-state index is 15.0. The van der Waals surface area contributed by atoms with Gasteiger partial charge in [0.1, 0.15) is 17.2 Å². The smallest absolute Gasteiger partial charge is 0.407 e. The number of nitrogens with zero attached hydrogens (tertiary/aromatic N) is 4. The van der Waals surface area contributed by atoms with Gasteiger partial charge in [0.15, 0.2) is 0 Å². The highest BCUT2D eigenvalue weighted by Gasteiger charge is 2.31. The molecule has 0 aliphatic carbocycles. The first-order valence-corrected chi connectivity index (χ1v) is 12.2. The summed E-state index contributed by atoms with van der Waals surface area (Å²) in [5.74, 6) is 0.308. The molecule has 1 fully saturated rings. The molecule has 0 radical (unpaired) electrons. The van der Waals surface area contributed by atoms with E-state index in [2.05, 4.69) is 10.3 Å². The maximum Gasteiger partial charge on any atom is 0.407 e. The number of fused-ring (bicyclic) bond motifs is 1. The summed E-state index contributed by atoms with van der Waals surface area (Å²) in [6.45, 7) is 12.5. The summed E-state index contributed by atoms with van der Waals surface area (Å²) in [7, 11) is 0. The molecule has 0 spiro atoms. The van der Waals surface area contributed by atoms with E-state index in [9.17, 15) is 9.90 Å². The molecular formula is C27H34FN5O3. The highest BCUT2D eigenvalue weighted by atomic mass is 19.1. The van der Waals surface area contributed by atoms with E-state index in [-0.39, 0.29) is 30.3 Å². The molecule has 2 N–H and O–H groups in total. The summed E-state index contributed by atoms with van der Waals surface area (Å²) in [6.07, 6.45) is 0.787. The number of amides is 1. The molecule has 3 atom stereocenters. The van der Waals surface area contributed by atoms with Crippen molar-refractivity contribution < 1.29 is 19.0 Å². The topological polar surface area (TPSA) is 100 Å². The van der Waals surface area contributed by atoms with Crippen LogP contribution in [0.15, 0.2) is 30.5 Å². The average Bonchev–Trinajstić information content (AvgIpc) is 2.81. The lowest BCUT2D eigenvalue weighted by molar-refractivity contribution is 0.0521. The van der Waals surface area contributed by atoms with Crippen molar-refractivity contribution in [2.24, 2.45) is 11.8 Å². The number of nitrogens with one attached hydrogen (secondary N) is 1. The van der Waals surface area contributed by atoms with Crippen LogP contribution in [0.4, 0.5) is 15.0 Å². The summed E-state index contributed by atoms with van der Waals surface area (Å²) < 4.78 is 20.3. The number of anilines is 1. The SMILES string of the molecule is Cc1c(F)cc(N2C[C@@H](C)C(O)[C@@H](C)C2)nc1-c1ccc2cnc(CNC(=O)OC(C)(C)C)cc2n1. The van der Waals surface area contributed by atoms with Gasteiger partial charge in [-0.05, 0) is 57.7 Å². The number of aliphatic hydroxyl groups is 1. The second-order valence-corrected chi connectivity index (χ2v) is 10.7. The van der Waals surface area contributed by atoms with Crippen LogP contribution in [-0.2, 0) is 11.3 Å². The Kier molecular flexibility index (Phi) is 7.13. The van der Waals surface area contributed by atoms with Crippen LogP contribution in [-0.4, -0.2) is 50.9 Å². The predicted molar refractivity (Wildman–Crippen MR) is 137 cm³/mol. The van der Waals surface area contributed by atoms with Crippen molar-refractivity contribution in [1.29, 1.82) is 0 Å². The van der Waals surface area contributed by atoms with Crippen LogP contribution in [0, 0.1) is 24.6 Å². The number of halogens is 1. The van der Waals surface area contributed by atoms with Gasteiger partial charge < -0.3 is 20.1 Å². The molecule has 1 unspecified atom stereocenters. The van der Waals surface area contributed by atoms with Crippen molar-refractivity contribution in [3.63, 3.8) is 0 Å². The van der Waals surface area contributed by atoms with Gasteiger partial charge in [-0.2, -0.15) is 0 Å². The van der Waals surface area contributed by atoms with Crippen molar-refractivity contribution in [3.8, 4) is 11.4 Å². The summed E-state index contributed by atoms with van der Waals surface area (Å²) in [6, 6.07) is 6.94. The average molecular weight is 496 g/mol. The third kappa shape index (κ3) is 5.73. The zero-order valence-electron chi connectivity index (χ0n) is 21.7. The number of hydrogen-bond donors (Lipinski definition) is 2. The zero-order valence-corrected chi connectivity index (χ0v) is 21.7. The Hall–Kier alpha value is -3.33. The first kappa shape index (κ1) is 25.8. The fourth-order valence-electron chi connectivity index (χ4n) is 4.47. The van der Waals surface area contributed by atoms with Crippen molar-refractivity contribution in [2.45, 2.75) is 59.8 Å². The van der Waals surface area contributed by atoms with E-state index in [0.29, 0.717) is 47.1 Å². The number of pyridine rings is 3. The molecule has 9 heteroatoms. The molecule has 0 aromatic carbocycles.